The van der Waals surface area contributed by atoms with Crippen molar-refractivity contribution in [3.8, 4) is 11.5 Å². The van der Waals surface area contributed by atoms with Gasteiger partial charge in [0.05, 0.1) is 26.2 Å². The third-order valence-electron chi connectivity index (χ3n) is 3.61. The Bertz CT molecular complexity index is 510. The average molecular weight is 340 g/mol. The predicted molar refractivity (Wildman–Crippen MR) is 90.3 cm³/mol. The topological polar surface area (TPSA) is 63.2 Å². The quantitative estimate of drug-likeness (QED) is 0.455. The summed E-state index contributed by atoms with van der Waals surface area (Å²) in [7, 11) is 3.09. The van der Waals surface area contributed by atoms with Crippen LogP contribution in [0.25, 0.3) is 0 Å². The standard InChI is InChI=1S/C18H28O6/c1-6-22-15-10-9-14(13-16(15)23-7-2)18(20-4,21-5)12-11-17(19)24-8-3/h9-10,13H,6-8,11-12H2,1-5H3. The second-order valence-corrected chi connectivity index (χ2v) is 4.99. The van der Waals surface area contributed by atoms with Gasteiger partial charge in [-0.25, -0.2) is 0 Å². The van der Waals surface area contributed by atoms with Gasteiger partial charge in [-0.1, -0.05) is 0 Å². The summed E-state index contributed by atoms with van der Waals surface area (Å²) in [4.78, 5) is 11.7. The predicted octanol–water partition coefficient (Wildman–Crippen LogP) is 3.27. The van der Waals surface area contributed by atoms with Crippen molar-refractivity contribution >= 4 is 5.97 Å². The largest absolute Gasteiger partial charge is 0.490 e. The van der Waals surface area contributed by atoms with Gasteiger partial charge >= 0.3 is 5.97 Å². The zero-order valence-electron chi connectivity index (χ0n) is 15.2. The smallest absolute Gasteiger partial charge is 0.305 e. The summed E-state index contributed by atoms with van der Waals surface area (Å²) in [6.45, 7) is 7.00. The lowest BCUT2D eigenvalue weighted by Crippen LogP contribution is -2.32. The van der Waals surface area contributed by atoms with E-state index in [-0.39, 0.29) is 12.4 Å². The first kappa shape index (κ1) is 20.3. The Balaban J connectivity index is 3.09. The van der Waals surface area contributed by atoms with Crippen molar-refractivity contribution in [2.24, 2.45) is 0 Å². The van der Waals surface area contributed by atoms with Crippen LogP contribution >= 0.6 is 0 Å². The summed E-state index contributed by atoms with van der Waals surface area (Å²) in [5.74, 6) is -0.0587. The van der Waals surface area contributed by atoms with E-state index < -0.39 is 5.79 Å². The molecular weight excluding hydrogens is 312 g/mol. The Labute approximate surface area is 144 Å². The molecule has 0 radical (unpaired) electrons. The molecule has 6 nitrogen and oxygen atoms in total. The Morgan fingerprint density at radius 3 is 2.12 bits per heavy atom. The van der Waals surface area contributed by atoms with Gasteiger partial charge in [-0.15, -0.1) is 0 Å². The number of esters is 1. The Hall–Kier alpha value is -1.79. The summed E-state index contributed by atoms with van der Waals surface area (Å²) in [6.07, 6.45) is 0.519. The van der Waals surface area contributed by atoms with Crippen LogP contribution in [0, 0.1) is 0 Å². The van der Waals surface area contributed by atoms with E-state index in [1.165, 1.54) is 0 Å². The van der Waals surface area contributed by atoms with Gasteiger partial charge in [0, 0.05) is 26.2 Å². The molecule has 1 rings (SSSR count). The van der Waals surface area contributed by atoms with Crippen molar-refractivity contribution in [2.45, 2.75) is 39.4 Å². The van der Waals surface area contributed by atoms with Gasteiger partial charge in [0.2, 0.25) is 0 Å². The van der Waals surface area contributed by atoms with E-state index in [1.807, 2.05) is 32.0 Å². The highest BCUT2D eigenvalue weighted by atomic mass is 16.7. The van der Waals surface area contributed by atoms with E-state index in [9.17, 15) is 4.79 Å². The third-order valence-corrected chi connectivity index (χ3v) is 3.61. The number of hydrogen-bond donors (Lipinski definition) is 0. The van der Waals surface area contributed by atoms with E-state index in [0.29, 0.717) is 37.7 Å². The van der Waals surface area contributed by atoms with Crippen molar-refractivity contribution in [1.29, 1.82) is 0 Å². The molecule has 0 aliphatic heterocycles. The molecule has 0 heterocycles. The molecule has 0 spiro atoms. The Morgan fingerprint density at radius 1 is 0.958 bits per heavy atom. The van der Waals surface area contributed by atoms with Crippen molar-refractivity contribution in [3.05, 3.63) is 23.8 Å². The summed E-state index contributed by atoms with van der Waals surface area (Å²) in [6, 6.07) is 5.50. The average Bonchev–Trinajstić information content (AvgIpc) is 2.59. The van der Waals surface area contributed by atoms with E-state index in [4.69, 9.17) is 23.7 Å². The zero-order chi connectivity index (χ0) is 18.0. The Kier molecular flexibility index (Phi) is 8.57. The van der Waals surface area contributed by atoms with Gasteiger partial charge in [0.1, 0.15) is 0 Å². The van der Waals surface area contributed by atoms with Crippen LogP contribution in [0.15, 0.2) is 18.2 Å². The van der Waals surface area contributed by atoms with Crippen molar-refractivity contribution < 1.29 is 28.5 Å². The highest BCUT2D eigenvalue weighted by Crippen LogP contribution is 2.37. The molecule has 0 fully saturated rings. The maximum Gasteiger partial charge on any atom is 0.305 e. The number of carbonyl (C=O) groups is 1. The number of hydrogen-bond acceptors (Lipinski definition) is 6. The molecule has 24 heavy (non-hydrogen) atoms. The molecule has 1 aromatic carbocycles. The lowest BCUT2D eigenvalue weighted by molar-refractivity contribution is -0.222. The maximum absolute atomic E-state index is 11.7. The molecule has 0 atom stereocenters. The maximum atomic E-state index is 11.7. The van der Waals surface area contributed by atoms with Crippen LogP contribution in [-0.4, -0.2) is 40.0 Å². The normalized spacial score (nSPS) is 11.2. The molecule has 0 saturated carbocycles. The fourth-order valence-electron chi connectivity index (χ4n) is 2.46. The first-order chi connectivity index (χ1) is 11.6. The molecule has 6 heteroatoms. The molecule has 0 aromatic heterocycles. The molecule has 0 aliphatic carbocycles. The molecule has 0 bridgehead atoms. The fourth-order valence-corrected chi connectivity index (χ4v) is 2.46. The van der Waals surface area contributed by atoms with Crippen molar-refractivity contribution in [1.82, 2.24) is 0 Å². The van der Waals surface area contributed by atoms with Gasteiger partial charge in [0.25, 0.3) is 0 Å². The number of rotatable bonds is 11. The van der Waals surface area contributed by atoms with E-state index >= 15 is 0 Å². The minimum atomic E-state index is -1.05. The van der Waals surface area contributed by atoms with Crippen LogP contribution in [0.5, 0.6) is 11.5 Å². The lowest BCUT2D eigenvalue weighted by Gasteiger charge is -2.31. The van der Waals surface area contributed by atoms with Crippen molar-refractivity contribution in [2.75, 3.05) is 34.0 Å². The van der Waals surface area contributed by atoms with Crippen molar-refractivity contribution in [3.63, 3.8) is 0 Å². The summed E-state index contributed by atoms with van der Waals surface area (Å²) < 4.78 is 27.4. The molecule has 1 aromatic rings. The van der Waals surface area contributed by atoms with Gasteiger partial charge in [0.15, 0.2) is 17.3 Å². The first-order valence-corrected chi connectivity index (χ1v) is 8.22. The summed E-state index contributed by atoms with van der Waals surface area (Å²) >= 11 is 0. The monoisotopic (exact) mass is 340 g/mol. The lowest BCUT2D eigenvalue weighted by atomic mass is 9.99. The molecule has 0 saturated heterocycles. The third kappa shape index (κ3) is 5.11. The van der Waals surface area contributed by atoms with E-state index in [1.54, 1.807) is 21.1 Å². The second-order valence-electron chi connectivity index (χ2n) is 4.99. The molecule has 0 amide bonds. The number of methoxy groups -OCH3 is 2. The zero-order valence-corrected chi connectivity index (χ0v) is 15.2. The van der Waals surface area contributed by atoms with Gasteiger partial charge < -0.3 is 23.7 Å². The fraction of sp³-hybridized carbons (Fsp3) is 0.611. The minimum Gasteiger partial charge on any atom is -0.490 e. The van der Waals surface area contributed by atoms with Crippen LogP contribution < -0.4 is 9.47 Å². The highest BCUT2D eigenvalue weighted by molar-refractivity contribution is 5.69. The minimum absolute atomic E-state index is 0.187. The highest BCUT2D eigenvalue weighted by Gasteiger charge is 2.34. The number of carbonyl (C=O) groups excluding carboxylic acids is 1. The van der Waals surface area contributed by atoms with Gasteiger partial charge in [-0.2, -0.15) is 0 Å². The molecule has 136 valence electrons. The van der Waals surface area contributed by atoms with E-state index in [2.05, 4.69) is 0 Å². The van der Waals surface area contributed by atoms with Crippen LogP contribution in [-0.2, 0) is 24.8 Å². The van der Waals surface area contributed by atoms with Crippen LogP contribution in [0.3, 0.4) is 0 Å². The first-order valence-electron chi connectivity index (χ1n) is 8.22. The molecule has 0 aliphatic rings. The van der Waals surface area contributed by atoms with E-state index in [0.717, 1.165) is 5.56 Å². The SMILES string of the molecule is CCOC(=O)CCC(OC)(OC)c1ccc(OCC)c(OCC)c1. The van der Waals surface area contributed by atoms with Crippen LogP contribution in [0.4, 0.5) is 0 Å². The van der Waals surface area contributed by atoms with Gasteiger partial charge in [-0.05, 0) is 39.0 Å². The molecule has 0 N–H and O–H groups in total. The van der Waals surface area contributed by atoms with Crippen LogP contribution in [0.1, 0.15) is 39.2 Å². The molecule has 0 unspecified atom stereocenters. The Morgan fingerprint density at radius 2 is 1.58 bits per heavy atom. The summed E-state index contributed by atoms with van der Waals surface area (Å²) in [5, 5.41) is 0. The number of ether oxygens (including phenoxy) is 5. The summed E-state index contributed by atoms with van der Waals surface area (Å²) in [5.41, 5.74) is 0.753. The molecular formula is C18H28O6. The second kappa shape index (κ2) is 10.2. The van der Waals surface area contributed by atoms with Crippen LogP contribution in [0.2, 0.25) is 0 Å². The number of benzene rings is 1. The van der Waals surface area contributed by atoms with Gasteiger partial charge in [-0.3, -0.25) is 4.79 Å².